The molecular formula is C48H55F5N8O6. The Bertz CT molecular complexity index is 2540. The Morgan fingerprint density at radius 2 is 1.25 bits per heavy atom. The molecule has 8 rings (SSSR count). The number of methoxy groups -OCH3 is 2. The number of imidazole rings is 2. The third-order valence-corrected chi connectivity index (χ3v) is 13.7. The number of likely N-dealkylation sites (tertiary alicyclic amines) is 2. The topological polar surface area (TPSA) is 166 Å². The van der Waals surface area contributed by atoms with E-state index in [9.17, 15) is 32.3 Å². The smallest absolute Gasteiger partial charge is 0.419 e. The summed E-state index contributed by atoms with van der Waals surface area (Å²) in [4.78, 5) is 73.6. The third-order valence-electron chi connectivity index (χ3n) is 13.7. The predicted molar refractivity (Wildman–Crippen MR) is 237 cm³/mol. The molecular weight excluding hydrogens is 880 g/mol. The zero-order valence-electron chi connectivity index (χ0n) is 38.2. The van der Waals surface area contributed by atoms with Gasteiger partial charge in [0, 0.05) is 19.2 Å². The van der Waals surface area contributed by atoms with Crippen molar-refractivity contribution in [2.75, 3.05) is 32.2 Å². The molecule has 3 aromatic carbocycles. The van der Waals surface area contributed by atoms with Crippen molar-refractivity contribution in [3.05, 3.63) is 88.5 Å². The highest BCUT2D eigenvalue weighted by atomic mass is 19.4. The number of aromatic amines is 2. The number of nitrogens with zero attached hydrogens (tertiary/aromatic N) is 5. The summed E-state index contributed by atoms with van der Waals surface area (Å²) in [5.41, 5.74) is 1.74. The van der Waals surface area contributed by atoms with Crippen molar-refractivity contribution in [1.29, 1.82) is 0 Å². The Labute approximate surface area is 383 Å². The van der Waals surface area contributed by atoms with Crippen LogP contribution < -0.4 is 10.2 Å². The maximum atomic E-state index is 16.2. The Morgan fingerprint density at radius 1 is 0.716 bits per heavy atom. The molecule has 5 aromatic rings. The minimum Gasteiger partial charge on any atom is -0.469 e. The van der Waals surface area contributed by atoms with Crippen molar-refractivity contribution in [2.24, 2.45) is 17.8 Å². The lowest BCUT2D eigenvalue weighted by Crippen LogP contribution is -2.51. The van der Waals surface area contributed by atoms with Gasteiger partial charge in [0.05, 0.1) is 84.0 Å². The number of hydrogen-bond acceptors (Lipinski definition) is 9. The van der Waals surface area contributed by atoms with E-state index in [0.717, 1.165) is 6.42 Å². The third kappa shape index (κ3) is 9.25. The number of ether oxygens (including phenoxy) is 2. The average molecular weight is 935 g/mol. The maximum absolute atomic E-state index is 16.2. The van der Waals surface area contributed by atoms with E-state index in [1.807, 2.05) is 52.0 Å². The molecule has 3 aliphatic rings. The molecule has 0 aliphatic carbocycles. The molecule has 5 heterocycles. The monoisotopic (exact) mass is 934 g/mol. The van der Waals surface area contributed by atoms with Crippen LogP contribution in [0.4, 0.5) is 32.4 Å². The van der Waals surface area contributed by atoms with E-state index in [1.165, 1.54) is 14.2 Å². The number of carbonyl (C=O) groups is 4. The molecule has 6 atom stereocenters. The summed E-state index contributed by atoms with van der Waals surface area (Å²) in [6, 6.07) is 8.84. The molecule has 0 spiro atoms. The van der Waals surface area contributed by atoms with E-state index in [2.05, 4.69) is 15.3 Å². The van der Waals surface area contributed by atoms with Crippen molar-refractivity contribution >= 4 is 51.6 Å². The molecule has 3 N–H and O–H groups in total. The largest absolute Gasteiger partial charge is 0.469 e. The number of aromatic nitrogens is 4. The number of hydrogen-bond donors (Lipinski definition) is 3. The molecule has 3 aliphatic heterocycles. The van der Waals surface area contributed by atoms with E-state index < -0.39 is 65.5 Å². The van der Waals surface area contributed by atoms with Gasteiger partial charge in [-0.3, -0.25) is 14.4 Å². The number of benzene rings is 3. The molecule has 0 unspecified atom stereocenters. The number of esters is 1. The number of rotatable bonds is 12. The highest BCUT2D eigenvalue weighted by Gasteiger charge is 2.42. The number of fused-ring (bicyclic) bond motifs is 2. The van der Waals surface area contributed by atoms with Crippen LogP contribution in [0.1, 0.15) is 125 Å². The molecule has 14 nitrogen and oxygen atoms in total. The molecule has 0 bridgehead atoms. The second-order valence-corrected chi connectivity index (χ2v) is 18.5. The number of halogens is 5. The molecule has 3 saturated heterocycles. The van der Waals surface area contributed by atoms with Crippen LogP contribution in [0.15, 0.2) is 48.5 Å². The highest BCUT2D eigenvalue weighted by Crippen LogP contribution is 2.50. The minimum absolute atomic E-state index is 0.0436. The Balaban J connectivity index is 1.12. The molecule has 67 heavy (non-hydrogen) atoms. The molecule has 0 radical (unpaired) electrons. The molecule has 2 aromatic heterocycles. The normalized spacial score (nSPS) is 20.9. The quantitative estimate of drug-likeness (QED) is 0.0817. The van der Waals surface area contributed by atoms with Gasteiger partial charge in [0.1, 0.15) is 29.3 Å². The minimum atomic E-state index is -5.12. The number of H-pyrrole nitrogens is 2. The van der Waals surface area contributed by atoms with E-state index in [4.69, 9.17) is 19.4 Å². The van der Waals surface area contributed by atoms with Gasteiger partial charge >= 0.3 is 18.2 Å². The number of alkyl halides is 3. The zero-order chi connectivity index (χ0) is 48.1. The van der Waals surface area contributed by atoms with Crippen LogP contribution in [0.2, 0.25) is 0 Å². The lowest BCUT2D eigenvalue weighted by atomic mass is 9.91. The predicted octanol–water partition coefficient (Wildman–Crippen LogP) is 9.36. The van der Waals surface area contributed by atoms with Crippen molar-refractivity contribution < 1.29 is 50.6 Å². The number of carbonyl (C=O) groups excluding carboxylic acids is 4. The molecule has 358 valence electrons. The summed E-state index contributed by atoms with van der Waals surface area (Å²) in [6.45, 7) is 8.38. The van der Waals surface area contributed by atoms with Crippen molar-refractivity contribution in [1.82, 2.24) is 35.1 Å². The van der Waals surface area contributed by atoms with Gasteiger partial charge in [-0.05, 0) is 91.8 Å². The van der Waals surface area contributed by atoms with Crippen molar-refractivity contribution in [2.45, 2.75) is 109 Å². The van der Waals surface area contributed by atoms with E-state index in [-0.39, 0.29) is 47.9 Å². The van der Waals surface area contributed by atoms with Crippen LogP contribution >= 0.6 is 0 Å². The van der Waals surface area contributed by atoms with Gasteiger partial charge in [0.25, 0.3) is 0 Å². The van der Waals surface area contributed by atoms with Crippen LogP contribution in [-0.2, 0) is 30.0 Å². The first-order valence-corrected chi connectivity index (χ1v) is 22.7. The first-order valence-electron chi connectivity index (χ1n) is 22.7. The van der Waals surface area contributed by atoms with Crippen LogP contribution in [0.5, 0.6) is 0 Å². The highest BCUT2D eigenvalue weighted by molar-refractivity contribution is 5.87. The van der Waals surface area contributed by atoms with Crippen LogP contribution in [0.3, 0.4) is 0 Å². The Kier molecular flexibility index (Phi) is 13.2. The Hall–Kier alpha value is -6.27. The summed E-state index contributed by atoms with van der Waals surface area (Å²) >= 11 is 0. The van der Waals surface area contributed by atoms with Crippen LogP contribution in [-0.4, -0.2) is 87.0 Å². The van der Waals surface area contributed by atoms with Gasteiger partial charge in [-0.15, -0.1) is 0 Å². The fourth-order valence-corrected chi connectivity index (χ4v) is 10.2. The number of nitrogens with one attached hydrogen (secondary N) is 3. The lowest BCUT2D eigenvalue weighted by Gasteiger charge is -2.34. The summed E-state index contributed by atoms with van der Waals surface area (Å²) in [5, 5.41) is 2.65. The van der Waals surface area contributed by atoms with Gasteiger partial charge in [0.2, 0.25) is 11.8 Å². The summed E-state index contributed by atoms with van der Waals surface area (Å²) in [6.07, 6.45) is -2.34. The van der Waals surface area contributed by atoms with Gasteiger partial charge in [0.15, 0.2) is 0 Å². The summed E-state index contributed by atoms with van der Waals surface area (Å²) < 4.78 is 82.8. The average Bonchev–Trinajstić information content (AvgIpc) is 4.15. The molecule has 3 fully saturated rings. The lowest BCUT2D eigenvalue weighted by molar-refractivity contribution is -0.148. The van der Waals surface area contributed by atoms with E-state index in [0.29, 0.717) is 96.1 Å². The first-order chi connectivity index (χ1) is 31.9. The first kappa shape index (κ1) is 47.2. The summed E-state index contributed by atoms with van der Waals surface area (Å²) in [7, 11) is 2.52. The van der Waals surface area contributed by atoms with Gasteiger partial charge in [-0.25, -0.2) is 23.5 Å². The number of alkyl carbamates (subject to hydrolysis) is 1. The molecule has 19 heteroatoms. The van der Waals surface area contributed by atoms with E-state index in [1.54, 1.807) is 26.8 Å². The Morgan fingerprint density at radius 3 is 1.73 bits per heavy atom. The molecule has 0 saturated carbocycles. The number of amides is 3. The van der Waals surface area contributed by atoms with Crippen LogP contribution in [0, 0.1) is 29.4 Å². The second-order valence-electron chi connectivity index (χ2n) is 18.5. The zero-order valence-corrected chi connectivity index (χ0v) is 38.2. The number of anilines is 1. The maximum Gasteiger partial charge on any atom is 0.419 e. The van der Waals surface area contributed by atoms with Crippen molar-refractivity contribution in [3.63, 3.8) is 0 Å². The standard InChI is InChI=1S/C48H55F5N8O6/c1-24(2)28(21-41(62)66-5)45(63)59-17-7-9-38(59)43-54-32-13-11-26(19-34(32)56-43)36-15-16-37(61(36)40-23-30(49)29(22-31(40)50)48(51,52)53)27-12-14-33-35(20-27)57-44(55-33)39-10-8-18-60(39)46(64)42(25(3)4)58-47(65)67-6/h11-14,19-20,22-25,28,36-39,42H,7-10,15-18,21H2,1-6H3,(H,54,56)(H,55,57)(H,58,65)/t28-,36+,37+,38-,39-,42-/m0/s1. The van der Waals surface area contributed by atoms with Gasteiger partial charge < -0.3 is 39.5 Å². The second kappa shape index (κ2) is 18.8. The van der Waals surface area contributed by atoms with Gasteiger partial charge in [-0.1, -0.05) is 39.8 Å². The molecule has 3 amide bonds. The van der Waals surface area contributed by atoms with Crippen LogP contribution in [0.25, 0.3) is 22.1 Å². The summed E-state index contributed by atoms with van der Waals surface area (Å²) in [5.74, 6) is -3.55. The fourth-order valence-electron chi connectivity index (χ4n) is 10.2. The van der Waals surface area contributed by atoms with Crippen molar-refractivity contribution in [3.8, 4) is 0 Å². The fraction of sp³-hybridized carbons (Fsp3) is 0.500. The van der Waals surface area contributed by atoms with Gasteiger partial charge in [-0.2, -0.15) is 13.2 Å². The van der Waals surface area contributed by atoms with E-state index >= 15 is 8.78 Å². The SMILES string of the molecule is COC(=O)C[C@H](C(=O)N1CCC[C@H]1c1nc2ccc([C@H]3CC[C@H](c4ccc5nc([C@@H]6CCCN6C(=O)[C@@H](NC(=O)OC)C(C)C)[nH]c5c4)N3c3cc(F)c(C(F)(F)F)cc3F)cc2[nH]1)C(C)C.